The van der Waals surface area contributed by atoms with Gasteiger partial charge < -0.3 is 10.2 Å². The molecule has 152 valence electrons. The number of nitro groups is 2. The Morgan fingerprint density at radius 2 is 1.70 bits per heavy atom. The van der Waals surface area contributed by atoms with E-state index in [-0.39, 0.29) is 16.9 Å². The number of non-ortho nitro benzene ring substituents is 1. The molecule has 0 bridgehead atoms. The van der Waals surface area contributed by atoms with Crippen molar-refractivity contribution in [3.05, 3.63) is 74.0 Å². The first-order chi connectivity index (χ1) is 14.2. The molecule has 30 heavy (non-hydrogen) atoms. The van der Waals surface area contributed by atoms with Crippen LogP contribution in [0.1, 0.15) is 20.8 Å². The number of carboxylic acid groups (broad SMARTS) is 1. The third-order valence-electron chi connectivity index (χ3n) is 4.00. The van der Waals surface area contributed by atoms with Gasteiger partial charge in [-0.2, -0.15) is 0 Å². The first-order valence-electron chi connectivity index (χ1n) is 8.04. The molecule has 3 aromatic rings. The fourth-order valence-corrected chi connectivity index (χ4v) is 2.55. The number of fused-ring (bicyclic) bond motifs is 1. The Morgan fingerprint density at radius 1 is 1.00 bits per heavy atom. The molecule has 13 heteroatoms. The van der Waals surface area contributed by atoms with E-state index in [1.54, 1.807) is 0 Å². The summed E-state index contributed by atoms with van der Waals surface area (Å²) in [5.41, 5.74) is 2.35. The molecule has 1 heterocycles. The minimum absolute atomic E-state index is 0.121. The summed E-state index contributed by atoms with van der Waals surface area (Å²) in [6.45, 7) is 0. The second kappa shape index (κ2) is 7.67. The van der Waals surface area contributed by atoms with E-state index in [1.165, 1.54) is 24.3 Å². The van der Waals surface area contributed by atoms with Crippen LogP contribution in [0.3, 0.4) is 0 Å². The molecule has 0 spiro atoms. The summed E-state index contributed by atoms with van der Waals surface area (Å²) >= 11 is 0. The summed E-state index contributed by atoms with van der Waals surface area (Å²) in [6.07, 6.45) is 0. The number of anilines is 1. The summed E-state index contributed by atoms with van der Waals surface area (Å²) in [7, 11) is 0. The highest BCUT2D eigenvalue weighted by Crippen LogP contribution is 2.29. The van der Waals surface area contributed by atoms with Gasteiger partial charge in [0.05, 0.1) is 15.9 Å². The second-order valence-electron chi connectivity index (χ2n) is 5.83. The average molecular weight is 413 g/mol. The van der Waals surface area contributed by atoms with Crippen LogP contribution in [0.15, 0.2) is 42.5 Å². The average Bonchev–Trinajstić information content (AvgIpc) is 2.71. The highest BCUT2D eigenvalue weighted by Gasteiger charge is 2.21. The van der Waals surface area contributed by atoms with Crippen LogP contribution in [0.5, 0.6) is 5.75 Å². The fraction of sp³-hybridized carbons (Fsp3) is 0. The van der Waals surface area contributed by atoms with Crippen molar-refractivity contribution in [3.63, 3.8) is 0 Å². The summed E-state index contributed by atoms with van der Waals surface area (Å²) < 4.78 is 0. The zero-order valence-corrected chi connectivity index (χ0v) is 14.7. The number of phenols is 1. The quantitative estimate of drug-likeness (QED) is 0.343. The van der Waals surface area contributed by atoms with Crippen molar-refractivity contribution in [2.24, 2.45) is 0 Å². The normalized spacial score (nSPS) is 10.4. The molecule has 1 aromatic heterocycles. The molecular formula is C17H11N5O8. The smallest absolute Gasteiger partial charge is 0.339 e. The Bertz CT molecular complexity index is 1230. The molecule has 0 aliphatic heterocycles. The lowest BCUT2D eigenvalue weighted by Crippen LogP contribution is -2.30. The number of nitrogens with zero attached hydrogens (tertiary/aromatic N) is 3. The lowest BCUT2D eigenvalue weighted by atomic mass is 10.1. The lowest BCUT2D eigenvalue weighted by Gasteiger charge is -2.10. The first-order valence-corrected chi connectivity index (χ1v) is 8.04. The van der Waals surface area contributed by atoms with E-state index in [4.69, 9.17) is 5.11 Å². The van der Waals surface area contributed by atoms with Crippen molar-refractivity contribution < 1.29 is 29.6 Å². The van der Waals surface area contributed by atoms with Crippen LogP contribution in [0, 0.1) is 20.2 Å². The van der Waals surface area contributed by atoms with Crippen molar-refractivity contribution in [1.29, 1.82) is 0 Å². The Hall–Kier alpha value is -4.81. The van der Waals surface area contributed by atoms with Gasteiger partial charge in [0.15, 0.2) is 5.75 Å². The third kappa shape index (κ3) is 3.75. The maximum absolute atomic E-state index is 12.3. The molecule has 1 amide bonds. The number of nitro benzene ring substituents is 2. The molecule has 0 radical (unpaired) electrons. The lowest BCUT2D eigenvalue weighted by molar-refractivity contribution is -0.393. The fourth-order valence-electron chi connectivity index (χ4n) is 2.55. The van der Waals surface area contributed by atoms with Gasteiger partial charge in [0.25, 0.3) is 11.6 Å². The van der Waals surface area contributed by atoms with E-state index in [0.717, 1.165) is 18.2 Å². The van der Waals surface area contributed by atoms with Crippen LogP contribution in [0.4, 0.5) is 17.1 Å². The molecule has 0 aliphatic rings. The Kier molecular flexibility index (Phi) is 5.10. The van der Waals surface area contributed by atoms with Gasteiger partial charge in [0.2, 0.25) is 0 Å². The maximum Gasteiger partial charge on any atom is 0.339 e. The highest BCUT2D eigenvalue weighted by molar-refractivity contribution is 6.01. The number of aromatic hydroxyl groups is 1. The number of pyridine rings is 1. The number of benzene rings is 2. The van der Waals surface area contributed by atoms with E-state index in [9.17, 15) is 34.9 Å². The minimum atomic E-state index is -1.38. The van der Waals surface area contributed by atoms with Gasteiger partial charge in [-0.15, -0.1) is 0 Å². The number of amides is 1. The van der Waals surface area contributed by atoms with Gasteiger partial charge in [-0.05, 0) is 18.2 Å². The number of hydrazine groups is 1. The number of carbonyl (C=O) groups excluding carboxylic acids is 1. The number of aromatic carboxylic acids is 1. The van der Waals surface area contributed by atoms with Gasteiger partial charge in [0, 0.05) is 11.5 Å². The SMILES string of the molecule is O=C(NNc1ccc([N+](=O)[O-])cc1[N+](=O)[O-])c1ccc2ccc(C(=O)O)c(O)c2n1. The topological polar surface area (TPSA) is 198 Å². The monoisotopic (exact) mass is 413 g/mol. The van der Waals surface area contributed by atoms with Crippen molar-refractivity contribution in [1.82, 2.24) is 10.4 Å². The number of carboxylic acids is 1. The molecule has 0 unspecified atom stereocenters. The Morgan fingerprint density at radius 3 is 2.33 bits per heavy atom. The number of nitrogens with one attached hydrogen (secondary N) is 2. The van der Waals surface area contributed by atoms with Crippen LogP contribution in [-0.4, -0.2) is 36.9 Å². The molecule has 0 atom stereocenters. The molecule has 2 aromatic carbocycles. The third-order valence-corrected chi connectivity index (χ3v) is 4.00. The van der Waals surface area contributed by atoms with Crippen molar-refractivity contribution >= 4 is 39.8 Å². The number of aromatic nitrogens is 1. The summed E-state index contributed by atoms with van der Waals surface area (Å²) in [5, 5.41) is 41.4. The van der Waals surface area contributed by atoms with Gasteiger partial charge in [-0.25, -0.2) is 9.78 Å². The summed E-state index contributed by atoms with van der Waals surface area (Å²) in [5.74, 6) is -2.85. The van der Waals surface area contributed by atoms with E-state index in [2.05, 4.69) is 15.8 Å². The van der Waals surface area contributed by atoms with Crippen LogP contribution < -0.4 is 10.9 Å². The van der Waals surface area contributed by atoms with Crippen molar-refractivity contribution in [2.45, 2.75) is 0 Å². The Labute approximate surface area is 165 Å². The zero-order valence-electron chi connectivity index (χ0n) is 14.7. The molecule has 0 fully saturated rings. The molecule has 0 saturated heterocycles. The number of hydrogen-bond acceptors (Lipinski definition) is 9. The molecule has 13 nitrogen and oxygen atoms in total. The largest absolute Gasteiger partial charge is 0.505 e. The van der Waals surface area contributed by atoms with E-state index < -0.39 is 44.4 Å². The van der Waals surface area contributed by atoms with Gasteiger partial charge >= 0.3 is 11.7 Å². The number of carbonyl (C=O) groups is 2. The predicted molar refractivity (Wildman–Crippen MR) is 101 cm³/mol. The van der Waals surface area contributed by atoms with Crippen molar-refractivity contribution in [2.75, 3.05) is 5.43 Å². The van der Waals surface area contributed by atoms with Crippen molar-refractivity contribution in [3.8, 4) is 5.75 Å². The Balaban J connectivity index is 1.87. The molecule has 4 N–H and O–H groups in total. The highest BCUT2D eigenvalue weighted by atomic mass is 16.6. The van der Waals surface area contributed by atoms with Crippen LogP contribution in [0.25, 0.3) is 10.9 Å². The van der Waals surface area contributed by atoms with E-state index in [0.29, 0.717) is 5.39 Å². The second-order valence-corrected chi connectivity index (χ2v) is 5.83. The van der Waals surface area contributed by atoms with Gasteiger partial charge in [-0.1, -0.05) is 12.1 Å². The summed E-state index contributed by atoms with van der Waals surface area (Å²) in [6, 6.07) is 8.12. The number of rotatable bonds is 6. The van der Waals surface area contributed by atoms with Crippen LogP contribution in [-0.2, 0) is 0 Å². The molecule has 3 rings (SSSR count). The van der Waals surface area contributed by atoms with Gasteiger partial charge in [-0.3, -0.25) is 35.9 Å². The minimum Gasteiger partial charge on any atom is -0.505 e. The first kappa shape index (κ1) is 19.9. The van der Waals surface area contributed by atoms with Crippen LogP contribution in [0.2, 0.25) is 0 Å². The van der Waals surface area contributed by atoms with E-state index in [1.807, 2.05) is 0 Å². The zero-order chi connectivity index (χ0) is 22.0. The molecule has 0 saturated carbocycles. The molecule has 0 aliphatic carbocycles. The van der Waals surface area contributed by atoms with Gasteiger partial charge in [0.1, 0.15) is 22.5 Å². The predicted octanol–water partition coefficient (Wildman–Crippen LogP) is 2.21. The number of hydrogen-bond donors (Lipinski definition) is 4. The molecular weight excluding hydrogens is 402 g/mol. The maximum atomic E-state index is 12.3. The standard InChI is InChI=1S/C17H11N5O8/c23-15-10(17(25)26)4-1-8-2-5-12(18-14(8)15)16(24)20-19-11-6-3-9(21(27)28)7-13(11)22(29)30/h1-7,19,23H,(H,20,24)(H,25,26). The van der Waals surface area contributed by atoms with Crippen LogP contribution >= 0.6 is 0 Å². The summed E-state index contributed by atoms with van der Waals surface area (Å²) in [4.78, 5) is 47.6. The van der Waals surface area contributed by atoms with E-state index >= 15 is 0 Å².